The third kappa shape index (κ3) is 4.55. The first-order valence-corrected chi connectivity index (χ1v) is 10.8. The smallest absolute Gasteiger partial charge is 0.228 e. The number of carbonyl (C=O) groups is 1. The summed E-state index contributed by atoms with van der Waals surface area (Å²) < 4.78 is 15.0. The third-order valence-electron chi connectivity index (χ3n) is 6.21. The Labute approximate surface area is 183 Å². The fraction of sp³-hybridized carbons (Fsp3) is 0.385. The van der Waals surface area contributed by atoms with Crippen LogP contribution in [0.2, 0.25) is 0 Å². The van der Waals surface area contributed by atoms with Crippen LogP contribution in [0.3, 0.4) is 0 Å². The van der Waals surface area contributed by atoms with E-state index in [-0.39, 0.29) is 29.0 Å². The maximum Gasteiger partial charge on any atom is 0.228 e. The van der Waals surface area contributed by atoms with Crippen molar-refractivity contribution in [3.05, 3.63) is 82.4 Å². The molecular formula is C26H30FN3O. The zero-order chi connectivity index (χ0) is 22.3. The second-order valence-corrected chi connectivity index (χ2v) is 9.64. The fourth-order valence-electron chi connectivity index (χ4n) is 4.09. The van der Waals surface area contributed by atoms with Crippen molar-refractivity contribution in [3.63, 3.8) is 0 Å². The molecule has 1 heterocycles. The molecular weight excluding hydrogens is 389 g/mol. The molecule has 2 atom stereocenters. The average molecular weight is 420 g/mol. The van der Waals surface area contributed by atoms with Gasteiger partial charge in [0.05, 0.1) is 23.6 Å². The second kappa shape index (κ2) is 7.95. The molecule has 3 aromatic rings. The van der Waals surface area contributed by atoms with Gasteiger partial charge in [-0.05, 0) is 60.4 Å². The molecule has 4 rings (SSSR count). The van der Waals surface area contributed by atoms with Gasteiger partial charge in [0.1, 0.15) is 5.82 Å². The van der Waals surface area contributed by atoms with Gasteiger partial charge in [-0.15, -0.1) is 0 Å². The number of halogens is 1. The van der Waals surface area contributed by atoms with Crippen LogP contribution in [0.15, 0.2) is 48.5 Å². The standard InChI is InChI=1S/C26H30FN3O/c1-16-24(17(2)30(29-16)15-18-6-12-21(27)13-7-18)28-25(31)23-14-22(23)19-8-10-20(11-9-19)26(3,4)5/h6-13,22-23H,14-15H2,1-5H3,(H,28,31). The van der Waals surface area contributed by atoms with Gasteiger partial charge in [0.25, 0.3) is 0 Å². The lowest BCUT2D eigenvalue weighted by Gasteiger charge is -2.19. The van der Waals surface area contributed by atoms with Gasteiger partial charge in [-0.25, -0.2) is 4.39 Å². The van der Waals surface area contributed by atoms with E-state index in [9.17, 15) is 9.18 Å². The van der Waals surface area contributed by atoms with Gasteiger partial charge in [-0.2, -0.15) is 5.10 Å². The van der Waals surface area contributed by atoms with Gasteiger partial charge in [-0.3, -0.25) is 9.48 Å². The lowest BCUT2D eigenvalue weighted by Crippen LogP contribution is -2.16. The second-order valence-electron chi connectivity index (χ2n) is 9.64. The van der Waals surface area contributed by atoms with E-state index in [0.717, 1.165) is 29.1 Å². The first kappa shape index (κ1) is 21.3. The van der Waals surface area contributed by atoms with Crippen molar-refractivity contribution in [3.8, 4) is 0 Å². The van der Waals surface area contributed by atoms with Crippen LogP contribution >= 0.6 is 0 Å². The molecule has 1 aliphatic rings. The number of aromatic nitrogens is 2. The molecule has 1 N–H and O–H groups in total. The van der Waals surface area contributed by atoms with E-state index in [1.807, 2.05) is 18.5 Å². The molecule has 1 amide bonds. The highest BCUT2D eigenvalue weighted by Gasteiger charge is 2.44. The number of nitrogens with zero attached hydrogens (tertiary/aromatic N) is 2. The van der Waals surface area contributed by atoms with Crippen molar-refractivity contribution in [2.75, 3.05) is 5.32 Å². The number of rotatable bonds is 5. The van der Waals surface area contributed by atoms with Gasteiger partial charge in [0.15, 0.2) is 0 Å². The summed E-state index contributed by atoms with van der Waals surface area (Å²) in [5.41, 5.74) is 6.10. The minimum Gasteiger partial charge on any atom is -0.323 e. The summed E-state index contributed by atoms with van der Waals surface area (Å²) in [4.78, 5) is 12.9. The Morgan fingerprint density at radius 3 is 2.35 bits per heavy atom. The van der Waals surface area contributed by atoms with Crippen molar-refractivity contribution in [1.82, 2.24) is 9.78 Å². The Hall–Kier alpha value is -2.95. The molecule has 4 nitrogen and oxygen atoms in total. The molecule has 1 saturated carbocycles. The van der Waals surface area contributed by atoms with E-state index < -0.39 is 0 Å². The Bertz CT molecular complexity index is 1090. The molecule has 1 fully saturated rings. The zero-order valence-electron chi connectivity index (χ0n) is 18.9. The van der Waals surface area contributed by atoms with Crippen LogP contribution in [0.5, 0.6) is 0 Å². The molecule has 0 spiro atoms. The monoisotopic (exact) mass is 419 g/mol. The molecule has 0 aliphatic heterocycles. The predicted octanol–water partition coefficient (Wildman–Crippen LogP) is 5.73. The summed E-state index contributed by atoms with van der Waals surface area (Å²) in [6, 6.07) is 15.1. The summed E-state index contributed by atoms with van der Waals surface area (Å²) in [7, 11) is 0. The number of aryl methyl sites for hydroxylation is 1. The molecule has 0 bridgehead atoms. The van der Waals surface area contributed by atoms with E-state index in [4.69, 9.17) is 0 Å². The van der Waals surface area contributed by atoms with Gasteiger partial charge in [-0.1, -0.05) is 57.2 Å². The molecule has 0 radical (unpaired) electrons. The normalized spacial score (nSPS) is 18.1. The highest BCUT2D eigenvalue weighted by Crippen LogP contribution is 2.48. The van der Waals surface area contributed by atoms with Crippen LogP contribution in [-0.4, -0.2) is 15.7 Å². The van der Waals surface area contributed by atoms with E-state index >= 15 is 0 Å². The summed E-state index contributed by atoms with van der Waals surface area (Å²) in [5, 5.41) is 7.69. The summed E-state index contributed by atoms with van der Waals surface area (Å²) in [6.07, 6.45) is 0.877. The van der Waals surface area contributed by atoms with Crippen molar-refractivity contribution in [2.45, 2.75) is 58.9 Å². The third-order valence-corrected chi connectivity index (χ3v) is 6.21. The van der Waals surface area contributed by atoms with Gasteiger partial charge in [0.2, 0.25) is 5.91 Å². The molecule has 5 heteroatoms. The van der Waals surface area contributed by atoms with Crippen LogP contribution in [0.4, 0.5) is 10.1 Å². The number of nitrogens with one attached hydrogen (secondary N) is 1. The summed E-state index contributed by atoms with van der Waals surface area (Å²) >= 11 is 0. The predicted molar refractivity (Wildman–Crippen MR) is 122 cm³/mol. The van der Waals surface area contributed by atoms with Crippen molar-refractivity contribution in [1.29, 1.82) is 0 Å². The number of hydrogen-bond acceptors (Lipinski definition) is 2. The molecule has 162 valence electrons. The zero-order valence-corrected chi connectivity index (χ0v) is 18.9. The van der Waals surface area contributed by atoms with Crippen LogP contribution in [-0.2, 0) is 16.8 Å². The first-order valence-electron chi connectivity index (χ1n) is 10.8. The van der Waals surface area contributed by atoms with Crippen LogP contribution in [0.25, 0.3) is 0 Å². The number of anilines is 1. The lowest BCUT2D eigenvalue weighted by molar-refractivity contribution is -0.117. The molecule has 2 unspecified atom stereocenters. The largest absolute Gasteiger partial charge is 0.323 e. The SMILES string of the molecule is Cc1nn(Cc2ccc(F)cc2)c(C)c1NC(=O)C1CC1c1ccc(C(C)(C)C)cc1. The van der Waals surface area contributed by atoms with E-state index in [0.29, 0.717) is 6.54 Å². The minimum absolute atomic E-state index is 0.000245. The van der Waals surface area contributed by atoms with Crippen LogP contribution in [0.1, 0.15) is 61.2 Å². The number of benzene rings is 2. The molecule has 1 aliphatic carbocycles. The maximum absolute atomic E-state index is 13.2. The minimum atomic E-state index is -0.253. The van der Waals surface area contributed by atoms with Crippen LogP contribution < -0.4 is 5.32 Å². The van der Waals surface area contributed by atoms with Gasteiger partial charge in [0, 0.05) is 5.92 Å². The van der Waals surface area contributed by atoms with Crippen molar-refractivity contribution in [2.24, 2.45) is 5.92 Å². The van der Waals surface area contributed by atoms with Crippen molar-refractivity contribution >= 4 is 11.6 Å². The van der Waals surface area contributed by atoms with Crippen LogP contribution in [0, 0.1) is 25.6 Å². The Kier molecular flexibility index (Phi) is 5.46. The van der Waals surface area contributed by atoms with Crippen molar-refractivity contribution < 1.29 is 9.18 Å². The highest BCUT2D eigenvalue weighted by molar-refractivity contribution is 5.96. The first-order chi connectivity index (χ1) is 14.6. The molecule has 1 aromatic heterocycles. The number of amides is 1. The topological polar surface area (TPSA) is 46.9 Å². The maximum atomic E-state index is 13.2. The van der Waals surface area contributed by atoms with E-state index in [1.54, 1.807) is 12.1 Å². The molecule has 31 heavy (non-hydrogen) atoms. The van der Waals surface area contributed by atoms with E-state index in [2.05, 4.69) is 55.5 Å². The van der Waals surface area contributed by atoms with Gasteiger partial charge < -0.3 is 5.32 Å². The highest BCUT2D eigenvalue weighted by atomic mass is 19.1. The van der Waals surface area contributed by atoms with E-state index in [1.165, 1.54) is 23.3 Å². The van der Waals surface area contributed by atoms with Gasteiger partial charge >= 0.3 is 0 Å². The molecule has 2 aromatic carbocycles. The summed E-state index contributed by atoms with van der Waals surface area (Å²) in [5.74, 6) is 0.0816. The summed E-state index contributed by atoms with van der Waals surface area (Å²) in [6.45, 7) is 11.0. The number of hydrogen-bond donors (Lipinski definition) is 1. The average Bonchev–Trinajstić information content (AvgIpc) is 3.48. The lowest BCUT2D eigenvalue weighted by atomic mass is 9.86. The Morgan fingerprint density at radius 1 is 1.10 bits per heavy atom. The quantitative estimate of drug-likeness (QED) is 0.574. The number of carbonyl (C=O) groups excluding carboxylic acids is 1. The Balaban J connectivity index is 1.42. The molecule has 0 saturated heterocycles. The fourth-order valence-corrected chi connectivity index (χ4v) is 4.09. The Morgan fingerprint density at radius 2 is 1.74 bits per heavy atom.